The summed E-state index contributed by atoms with van der Waals surface area (Å²) in [4.78, 5) is 20.0. The lowest BCUT2D eigenvalue weighted by Gasteiger charge is -2.33. The largest absolute Gasteiger partial charge is 0.378 e. The first kappa shape index (κ1) is 22.6. The molecule has 33 heavy (non-hydrogen) atoms. The van der Waals surface area contributed by atoms with Crippen molar-refractivity contribution in [2.24, 2.45) is 0 Å². The van der Waals surface area contributed by atoms with Gasteiger partial charge < -0.3 is 9.64 Å². The SMILES string of the molecule is Cc1c(CN2CCN(S(C)(=O)=O)CC2)sc2c(N3CCOCC3)nc(-c3cccnc3)nc12. The van der Waals surface area contributed by atoms with Crippen LogP contribution >= 0.6 is 11.3 Å². The molecule has 9 nitrogen and oxygen atoms in total. The molecular weight excluding hydrogens is 460 g/mol. The van der Waals surface area contributed by atoms with Crippen LogP contribution < -0.4 is 4.90 Å². The molecule has 0 spiro atoms. The molecule has 0 N–H and O–H groups in total. The number of pyridine rings is 1. The number of morpholine rings is 1. The molecule has 0 aliphatic carbocycles. The maximum absolute atomic E-state index is 11.8. The fourth-order valence-corrected chi connectivity index (χ4v) is 6.44. The molecule has 3 aromatic rings. The van der Waals surface area contributed by atoms with Crippen molar-refractivity contribution in [3.8, 4) is 11.4 Å². The van der Waals surface area contributed by atoms with E-state index in [1.807, 2.05) is 12.1 Å². The van der Waals surface area contributed by atoms with E-state index in [0.29, 0.717) is 32.1 Å². The van der Waals surface area contributed by atoms with Gasteiger partial charge in [0.15, 0.2) is 11.6 Å². The average molecular weight is 489 g/mol. The van der Waals surface area contributed by atoms with Crippen molar-refractivity contribution < 1.29 is 13.2 Å². The highest BCUT2D eigenvalue weighted by atomic mass is 32.2. The Morgan fingerprint density at radius 2 is 1.85 bits per heavy atom. The summed E-state index contributed by atoms with van der Waals surface area (Å²) in [7, 11) is -3.13. The van der Waals surface area contributed by atoms with Gasteiger partial charge in [-0.3, -0.25) is 9.88 Å². The summed E-state index contributed by atoms with van der Waals surface area (Å²) in [6.45, 7) is 8.42. The van der Waals surface area contributed by atoms with Crippen LogP contribution in [0.25, 0.3) is 21.6 Å². The minimum Gasteiger partial charge on any atom is -0.378 e. The normalized spacial score (nSPS) is 18.8. The highest BCUT2D eigenvalue weighted by Gasteiger charge is 2.26. The van der Waals surface area contributed by atoms with E-state index in [2.05, 4.69) is 21.7 Å². The molecule has 2 fully saturated rings. The van der Waals surface area contributed by atoms with Gasteiger partial charge in [0.05, 0.1) is 29.7 Å². The number of aryl methyl sites for hydroxylation is 1. The summed E-state index contributed by atoms with van der Waals surface area (Å²) in [6.07, 6.45) is 4.83. The van der Waals surface area contributed by atoms with Crippen LogP contribution in [0.5, 0.6) is 0 Å². The van der Waals surface area contributed by atoms with Crippen LogP contribution in [0.15, 0.2) is 24.5 Å². The Bertz CT molecular complexity index is 1230. The summed E-state index contributed by atoms with van der Waals surface area (Å²) < 4.78 is 31.9. The van der Waals surface area contributed by atoms with Crippen LogP contribution in [-0.4, -0.2) is 91.3 Å². The van der Waals surface area contributed by atoms with Gasteiger partial charge in [-0.1, -0.05) is 0 Å². The average Bonchev–Trinajstić information content (AvgIpc) is 3.14. The minimum absolute atomic E-state index is 0.534. The van der Waals surface area contributed by atoms with Crippen LogP contribution in [0.4, 0.5) is 5.82 Å². The van der Waals surface area contributed by atoms with E-state index in [4.69, 9.17) is 14.7 Å². The van der Waals surface area contributed by atoms with Crippen molar-refractivity contribution >= 4 is 37.4 Å². The number of nitrogens with zero attached hydrogens (tertiary/aromatic N) is 6. The van der Waals surface area contributed by atoms with Crippen molar-refractivity contribution in [3.05, 3.63) is 35.0 Å². The van der Waals surface area contributed by atoms with Gasteiger partial charge in [-0.05, 0) is 24.6 Å². The van der Waals surface area contributed by atoms with E-state index in [0.717, 1.165) is 54.3 Å². The molecule has 176 valence electrons. The number of anilines is 1. The smallest absolute Gasteiger partial charge is 0.211 e. The van der Waals surface area contributed by atoms with Crippen molar-refractivity contribution in [2.75, 3.05) is 63.6 Å². The maximum Gasteiger partial charge on any atom is 0.211 e. The molecule has 0 atom stereocenters. The number of hydrogen-bond donors (Lipinski definition) is 0. The topological polar surface area (TPSA) is 91.8 Å². The van der Waals surface area contributed by atoms with Crippen LogP contribution in [0.2, 0.25) is 0 Å². The monoisotopic (exact) mass is 488 g/mol. The van der Waals surface area contributed by atoms with Crippen LogP contribution in [0, 0.1) is 6.92 Å². The van der Waals surface area contributed by atoms with Gasteiger partial charge in [-0.15, -0.1) is 11.3 Å². The Morgan fingerprint density at radius 3 is 2.52 bits per heavy atom. The van der Waals surface area contributed by atoms with Gasteiger partial charge in [0, 0.05) is 68.6 Å². The zero-order chi connectivity index (χ0) is 23.0. The number of fused-ring (bicyclic) bond motifs is 1. The predicted octanol–water partition coefficient (Wildman–Crippen LogP) is 1.98. The summed E-state index contributed by atoms with van der Waals surface area (Å²) in [5.74, 6) is 1.65. The first-order valence-corrected chi connectivity index (χ1v) is 13.8. The lowest BCUT2D eigenvalue weighted by atomic mass is 10.2. The number of sulfonamides is 1. The number of thiophene rings is 1. The molecule has 0 amide bonds. The van der Waals surface area contributed by atoms with Gasteiger partial charge >= 0.3 is 0 Å². The zero-order valence-electron chi connectivity index (χ0n) is 18.9. The van der Waals surface area contributed by atoms with Gasteiger partial charge in [0.1, 0.15) is 0 Å². The molecule has 0 unspecified atom stereocenters. The van der Waals surface area contributed by atoms with Gasteiger partial charge in [0.25, 0.3) is 0 Å². The number of hydrogen-bond acceptors (Lipinski definition) is 9. The molecule has 0 aromatic carbocycles. The first-order chi connectivity index (χ1) is 15.9. The number of ether oxygens (including phenoxy) is 1. The molecule has 5 rings (SSSR count). The van der Waals surface area contributed by atoms with E-state index in [1.165, 1.54) is 16.7 Å². The Balaban J connectivity index is 1.49. The van der Waals surface area contributed by atoms with E-state index in [-0.39, 0.29) is 0 Å². The van der Waals surface area contributed by atoms with E-state index < -0.39 is 10.0 Å². The van der Waals surface area contributed by atoms with E-state index in [1.54, 1.807) is 28.0 Å². The second kappa shape index (κ2) is 9.22. The van der Waals surface area contributed by atoms with Crippen molar-refractivity contribution in [1.29, 1.82) is 0 Å². The second-order valence-electron chi connectivity index (χ2n) is 8.48. The molecule has 2 aliphatic rings. The Kier molecular flexibility index (Phi) is 6.32. The third-order valence-corrected chi connectivity index (χ3v) is 8.81. The minimum atomic E-state index is -3.13. The van der Waals surface area contributed by atoms with Crippen LogP contribution in [0.1, 0.15) is 10.4 Å². The summed E-state index contributed by atoms with van der Waals surface area (Å²) >= 11 is 1.75. The fraction of sp³-hybridized carbons (Fsp3) is 0.500. The molecule has 2 aliphatic heterocycles. The first-order valence-electron chi connectivity index (χ1n) is 11.1. The van der Waals surface area contributed by atoms with Crippen LogP contribution in [-0.2, 0) is 21.3 Å². The lowest BCUT2D eigenvalue weighted by Crippen LogP contribution is -2.47. The molecular formula is C22H28N6O3S2. The summed E-state index contributed by atoms with van der Waals surface area (Å²) in [6, 6.07) is 3.89. The summed E-state index contributed by atoms with van der Waals surface area (Å²) in [5, 5.41) is 0. The summed E-state index contributed by atoms with van der Waals surface area (Å²) in [5.41, 5.74) is 3.06. The highest BCUT2D eigenvalue weighted by molar-refractivity contribution is 7.88. The van der Waals surface area contributed by atoms with Crippen molar-refractivity contribution in [2.45, 2.75) is 13.5 Å². The van der Waals surface area contributed by atoms with Gasteiger partial charge in [0.2, 0.25) is 10.0 Å². The van der Waals surface area contributed by atoms with Gasteiger partial charge in [-0.25, -0.2) is 18.4 Å². The molecule has 0 saturated carbocycles. The molecule has 11 heteroatoms. The molecule has 5 heterocycles. The van der Waals surface area contributed by atoms with E-state index >= 15 is 0 Å². The van der Waals surface area contributed by atoms with Crippen molar-refractivity contribution in [3.63, 3.8) is 0 Å². The number of aromatic nitrogens is 3. The van der Waals surface area contributed by atoms with Crippen LogP contribution in [0.3, 0.4) is 0 Å². The molecule has 3 aromatic heterocycles. The Labute approximate surface area is 198 Å². The van der Waals surface area contributed by atoms with E-state index in [9.17, 15) is 8.42 Å². The molecule has 0 bridgehead atoms. The maximum atomic E-state index is 11.8. The fourth-order valence-electron chi connectivity index (χ4n) is 4.31. The predicted molar refractivity (Wildman–Crippen MR) is 130 cm³/mol. The third-order valence-electron chi connectivity index (χ3n) is 6.24. The van der Waals surface area contributed by atoms with Crippen molar-refractivity contribution in [1.82, 2.24) is 24.2 Å². The molecule has 0 radical (unpaired) electrons. The standard InChI is InChI=1S/C22H28N6O3S2/c1-16-18(15-26-6-8-28(9-7-26)33(2,29)30)32-20-19(16)24-21(17-4-3-5-23-14-17)25-22(20)27-10-12-31-13-11-27/h3-5,14H,6-13,15H2,1-2H3. The zero-order valence-corrected chi connectivity index (χ0v) is 20.5. The third kappa shape index (κ3) is 4.73. The second-order valence-corrected chi connectivity index (χ2v) is 11.6. The number of rotatable bonds is 5. The lowest BCUT2D eigenvalue weighted by molar-refractivity contribution is 0.122. The Hall–Kier alpha value is -2.18. The Morgan fingerprint density at radius 1 is 1.09 bits per heavy atom. The quantitative estimate of drug-likeness (QED) is 0.538. The van der Waals surface area contributed by atoms with Gasteiger partial charge in [-0.2, -0.15) is 4.31 Å². The highest BCUT2D eigenvalue weighted by Crippen LogP contribution is 2.38. The number of piperazine rings is 1. The molecule has 2 saturated heterocycles.